The number of fused-ring (bicyclic) bond motifs is 1. The molecule has 5 heteroatoms. The van der Waals surface area contributed by atoms with Gasteiger partial charge in [-0.25, -0.2) is 15.0 Å². The van der Waals surface area contributed by atoms with E-state index < -0.39 is 0 Å². The summed E-state index contributed by atoms with van der Waals surface area (Å²) in [6, 6.07) is 21.3. The van der Waals surface area contributed by atoms with E-state index in [1.54, 1.807) is 12.5 Å². The molecule has 5 aromatic rings. The molecule has 0 unspecified atom stereocenters. The molecule has 0 fully saturated rings. The second kappa shape index (κ2) is 7.79. The van der Waals surface area contributed by atoms with Gasteiger partial charge in [0.05, 0.1) is 0 Å². The maximum Gasteiger partial charge on any atom is 0.138 e. The molecule has 0 aliphatic heterocycles. The molecule has 3 aromatic heterocycles. The van der Waals surface area contributed by atoms with E-state index >= 15 is 0 Å². The molecule has 0 spiro atoms. The molecular weight excluding hydrogens is 370 g/mol. The van der Waals surface area contributed by atoms with Crippen LogP contribution in [-0.4, -0.2) is 19.5 Å². The largest absolute Gasteiger partial charge is 0.365 e. The van der Waals surface area contributed by atoms with Crippen LogP contribution in [0.4, 0.5) is 5.82 Å². The van der Waals surface area contributed by atoms with Crippen LogP contribution in [0.3, 0.4) is 0 Å². The number of imidazole rings is 1. The SMILES string of the molecule is Cc1cccc(-c2ccc(CNc3nccc4cc(-n5ccnc5)ncc34)cc2)c1. The highest BCUT2D eigenvalue weighted by Gasteiger charge is 2.06. The number of nitrogens with zero attached hydrogens (tertiary/aromatic N) is 4. The molecule has 3 heterocycles. The molecule has 1 N–H and O–H groups in total. The van der Waals surface area contributed by atoms with Gasteiger partial charge in [-0.3, -0.25) is 4.57 Å². The van der Waals surface area contributed by atoms with Gasteiger partial charge < -0.3 is 5.32 Å². The predicted octanol–water partition coefficient (Wildman–Crippen LogP) is 5.40. The number of aromatic nitrogens is 4. The minimum absolute atomic E-state index is 0.698. The van der Waals surface area contributed by atoms with Crippen molar-refractivity contribution in [2.45, 2.75) is 13.5 Å². The van der Waals surface area contributed by atoms with Crippen LogP contribution in [0.25, 0.3) is 27.7 Å². The van der Waals surface area contributed by atoms with Gasteiger partial charge >= 0.3 is 0 Å². The Kier molecular flexibility index (Phi) is 4.69. The van der Waals surface area contributed by atoms with E-state index in [2.05, 4.69) is 75.7 Å². The number of hydrogen-bond acceptors (Lipinski definition) is 4. The van der Waals surface area contributed by atoms with Crippen molar-refractivity contribution in [1.82, 2.24) is 19.5 Å². The molecule has 0 saturated carbocycles. The molecule has 0 bridgehead atoms. The lowest BCUT2D eigenvalue weighted by atomic mass is 10.0. The summed E-state index contributed by atoms with van der Waals surface area (Å²) in [7, 11) is 0. The Morgan fingerprint density at radius 3 is 2.60 bits per heavy atom. The molecule has 30 heavy (non-hydrogen) atoms. The van der Waals surface area contributed by atoms with E-state index in [0.717, 1.165) is 22.4 Å². The van der Waals surface area contributed by atoms with E-state index in [9.17, 15) is 0 Å². The summed E-state index contributed by atoms with van der Waals surface area (Å²) in [4.78, 5) is 13.2. The van der Waals surface area contributed by atoms with Crippen molar-refractivity contribution >= 4 is 16.6 Å². The monoisotopic (exact) mass is 391 g/mol. The van der Waals surface area contributed by atoms with Crippen LogP contribution in [0, 0.1) is 6.92 Å². The summed E-state index contributed by atoms with van der Waals surface area (Å²) in [5.41, 5.74) is 4.94. The summed E-state index contributed by atoms with van der Waals surface area (Å²) in [5.74, 6) is 1.67. The van der Waals surface area contributed by atoms with Crippen LogP contribution < -0.4 is 5.32 Å². The predicted molar refractivity (Wildman–Crippen MR) is 121 cm³/mol. The van der Waals surface area contributed by atoms with Crippen molar-refractivity contribution in [3.8, 4) is 16.9 Å². The minimum Gasteiger partial charge on any atom is -0.365 e. The van der Waals surface area contributed by atoms with Crippen LogP contribution in [0.2, 0.25) is 0 Å². The lowest BCUT2D eigenvalue weighted by Crippen LogP contribution is -2.02. The summed E-state index contributed by atoms with van der Waals surface area (Å²) >= 11 is 0. The normalized spacial score (nSPS) is 11.0. The Labute approximate surface area is 175 Å². The fourth-order valence-corrected chi connectivity index (χ4v) is 3.56. The Bertz CT molecular complexity index is 1290. The molecule has 0 aliphatic carbocycles. The van der Waals surface area contributed by atoms with Crippen molar-refractivity contribution < 1.29 is 0 Å². The molecule has 5 rings (SSSR count). The van der Waals surface area contributed by atoms with E-state index in [0.29, 0.717) is 6.54 Å². The van der Waals surface area contributed by atoms with Gasteiger partial charge in [-0.05, 0) is 41.1 Å². The van der Waals surface area contributed by atoms with Crippen LogP contribution in [0.15, 0.2) is 91.8 Å². The maximum atomic E-state index is 4.56. The van der Waals surface area contributed by atoms with Gasteiger partial charge in [-0.1, -0.05) is 54.1 Å². The van der Waals surface area contributed by atoms with Gasteiger partial charge in [0.2, 0.25) is 0 Å². The van der Waals surface area contributed by atoms with Gasteiger partial charge in [0, 0.05) is 36.7 Å². The zero-order valence-corrected chi connectivity index (χ0v) is 16.7. The highest BCUT2D eigenvalue weighted by atomic mass is 15.1. The average Bonchev–Trinajstić information content (AvgIpc) is 3.33. The number of hydrogen-bond donors (Lipinski definition) is 1. The summed E-state index contributed by atoms with van der Waals surface area (Å²) in [6.45, 7) is 2.82. The Balaban J connectivity index is 1.35. The smallest absolute Gasteiger partial charge is 0.138 e. The third-order valence-electron chi connectivity index (χ3n) is 5.17. The molecule has 2 aromatic carbocycles. The first-order chi connectivity index (χ1) is 14.8. The number of rotatable bonds is 5. The van der Waals surface area contributed by atoms with Crippen molar-refractivity contribution in [1.29, 1.82) is 0 Å². The Morgan fingerprint density at radius 1 is 0.900 bits per heavy atom. The van der Waals surface area contributed by atoms with Gasteiger partial charge in [0.1, 0.15) is 18.0 Å². The zero-order chi connectivity index (χ0) is 20.3. The lowest BCUT2D eigenvalue weighted by Gasteiger charge is -2.10. The summed E-state index contributed by atoms with van der Waals surface area (Å²) in [5, 5.41) is 5.54. The van der Waals surface area contributed by atoms with Gasteiger partial charge in [-0.15, -0.1) is 0 Å². The van der Waals surface area contributed by atoms with Gasteiger partial charge in [0.15, 0.2) is 0 Å². The van der Waals surface area contributed by atoms with Crippen molar-refractivity contribution in [3.05, 3.63) is 103 Å². The van der Waals surface area contributed by atoms with Crippen molar-refractivity contribution in [2.75, 3.05) is 5.32 Å². The van der Waals surface area contributed by atoms with Crippen molar-refractivity contribution in [3.63, 3.8) is 0 Å². The van der Waals surface area contributed by atoms with Crippen LogP contribution in [-0.2, 0) is 6.54 Å². The summed E-state index contributed by atoms with van der Waals surface area (Å²) in [6.07, 6.45) is 9.06. The lowest BCUT2D eigenvalue weighted by molar-refractivity contribution is 0.998. The molecule has 146 valence electrons. The minimum atomic E-state index is 0.698. The van der Waals surface area contributed by atoms with E-state index in [4.69, 9.17) is 0 Å². The average molecular weight is 391 g/mol. The Morgan fingerprint density at radius 2 is 1.80 bits per heavy atom. The van der Waals surface area contributed by atoms with Gasteiger partial charge in [0.25, 0.3) is 0 Å². The first-order valence-electron chi connectivity index (χ1n) is 9.89. The molecule has 5 nitrogen and oxygen atoms in total. The highest BCUT2D eigenvalue weighted by Crippen LogP contribution is 2.24. The van der Waals surface area contributed by atoms with E-state index in [1.165, 1.54) is 22.3 Å². The van der Waals surface area contributed by atoms with E-state index in [1.807, 2.05) is 35.3 Å². The number of pyridine rings is 2. The second-order valence-electron chi connectivity index (χ2n) is 7.31. The molecule has 0 amide bonds. The third kappa shape index (κ3) is 3.65. The fraction of sp³-hybridized carbons (Fsp3) is 0.0800. The number of aryl methyl sites for hydroxylation is 1. The topological polar surface area (TPSA) is 55.6 Å². The molecule has 0 radical (unpaired) electrons. The van der Waals surface area contributed by atoms with Crippen LogP contribution in [0.1, 0.15) is 11.1 Å². The first kappa shape index (κ1) is 18.1. The third-order valence-corrected chi connectivity index (χ3v) is 5.17. The van der Waals surface area contributed by atoms with E-state index in [-0.39, 0.29) is 0 Å². The number of benzene rings is 2. The number of nitrogens with one attached hydrogen (secondary N) is 1. The molecule has 0 atom stereocenters. The maximum absolute atomic E-state index is 4.56. The molecular formula is C25H21N5. The first-order valence-corrected chi connectivity index (χ1v) is 9.89. The number of anilines is 1. The quantitative estimate of drug-likeness (QED) is 0.436. The highest BCUT2D eigenvalue weighted by molar-refractivity contribution is 5.91. The second-order valence-corrected chi connectivity index (χ2v) is 7.31. The Hall–Kier alpha value is -3.99. The van der Waals surface area contributed by atoms with Crippen LogP contribution >= 0.6 is 0 Å². The molecule has 0 saturated heterocycles. The van der Waals surface area contributed by atoms with Crippen LogP contribution in [0.5, 0.6) is 0 Å². The fourth-order valence-electron chi connectivity index (χ4n) is 3.56. The zero-order valence-electron chi connectivity index (χ0n) is 16.7. The molecule has 0 aliphatic rings. The van der Waals surface area contributed by atoms with Gasteiger partial charge in [-0.2, -0.15) is 0 Å². The van der Waals surface area contributed by atoms with Crippen molar-refractivity contribution in [2.24, 2.45) is 0 Å². The standard InChI is InChI=1S/C25H21N5/c1-18-3-2-4-21(13-18)20-7-5-19(6-8-20)15-29-25-23-16-28-24(30-12-11-26-17-30)14-22(23)9-10-27-25/h2-14,16-17H,15H2,1H3,(H,27,29). The summed E-state index contributed by atoms with van der Waals surface area (Å²) < 4.78 is 1.89.